The van der Waals surface area contributed by atoms with Crippen LogP contribution in [-0.4, -0.2) is 57.6 Å². The highest BCUT2D eigenvalue weighted by Gasteiger charge is 2.27. The Morgan fingerprint density at radius 2 is 1.84 bits per heavy atom. The maximum atomic E-state index is 12.6. The molecular formula is C22H28F3NO5. The topological polar surface area (TPSA) is 102 Å². The fourth-order valence-corrected chi connectivity index (χ4v) is 3.04. The normalized spacial score (nSPS) is 29.9. The average molecular weight is 443 g/mol. The van der Waals surface area contributed by atoms with Gasteiger partial charge in [-0.25, -0.2) is 0 Å². The van der Waals surface area contributed by atoms with Gasteiger partial charge in [0, 0.05) is 17.7 Å². The van der Waals surface area contributed by atoms with Crippen LogP contribution in [0.5, 0.6) is 5.75 Å². The van der Waals surface area contributed by atoms with Gasteiger partial charge >= 0.3 is 6.18 Å². The van der Waals surface area contributed by atoms with Crippen molar-refractivity contribution in [2.24, 2.45) is 5.92 Å². The lowest BCUT2D eigenvalue weighted by molar-refractivity contribution is -0.115. The Bertz CT molecular complexity index is 837. The first kappa shape index (κ1) is 24.8. The molecule has 1 aromatic rings. The van der Waals surface area contributed by atoms with Gasteiger partial charge in [-0.2, -0.15) is 13.2 Å². The first-order chi connectivity index (χ1) is 14.4. The molecule has 5 atom stereocenters. The van der Waals surface area contributed by atoms with Gasteiger partial charge < -0.3 is 30.5 Å². The Kier molecular flexibility index (Phi) is 8.16. The van der Waals surface area contributed by atoms with Gasteiger partial charge in [0.2, 0.25) is 0 Å². The molecule has 4 unspecified atom stereocenters. The molecule has 0 saturated carbocycles. The third-order valence-corrected chi connectivity index (χ3v) is 5.02. The maximum Gasteiger partial charge on any atom is 0.405 e. The van der Waals surface area contributed by atoms with Crippen molar-refractivity contribution >= 4 is 17.5 Å². The summed E-state index contributed by atoms with van der Waals surface area (Å²) in [4.78, 5) is 0. The largest absolute Gasteiger partial charge is 0.507 e. The molecule has 1 aromatic carbocycles. The fourth-order valence-electron chi connectivity index (χ4n) is 3.04. The third kappa shape index (κ3) is 7.02. The minimum absolute atomic E-state index is 0.0347. The van der Waals surface area contributed by atoms with E-state index >= 15 is 0 Å². The SMILES string of the molecule is C=C1OC(C)[C@H](C)/C=C\C(O)C(O)C(O)C/C=C/c2cc(NCC(F)(F)F)cc(O)c21. The molecule has 6 nitrogen and oxygen atoms in total. The number of hydrogen-bond acceptors (Lipinski definition) is 6. The Labute approximate surface area is 179 Å². The number of aromatic hydroxyl groups is 1. The van der Waals surface area contributed by atoms with E-state index < -0.39 is 37.1 Å². The zero-order valence-corrected chi connectivity index (χ0v) is 17.3. The molecule has 0 bridgehead atoms. The molecular weight excluding hydrogens is 415 g/mol. The second-order valence-electron chi connectivity index (χ2n) is 7.61. The summed E-state index contributed by atoms with van der Waals surface area (Å²) in [7, 11) is 0. The number of alkyl halides is 3. The molecule has 31 heavy (non-hydrogen) atoms. The van der Waals surface area contributed by atoms with Gasteiger partial charge in [-0.1, -0.05) is 37.8 Å². The lowest BCUT2D eigenvalue weighted by atomic mass is 9.98. The number of aliphatic hydroxyl groups excluding tert-OH is 3. The number of aliphatic hydroxyl groups is 3. The highest BCUT2D eigenvalue weighted by atomic mass is 19.4. The highest BCUT2D eigenvalue weighted by molar-refractivity contribution is 5.77. The van der Waals surface area contributed by atoms with Crippen molar-refractivity contribution in [2.45, 2.75) is 50.9 Å². The molecule has 0 saturated heterocycles. The summed E-state index contributed by atoms with van der Waals surface area (Å²) in [6, 6.07) is 2.54. The first-order valence-corrected chi connectivity index (χ1v) is 9.81. The average Bonchev–Trinajstić information content (AvgIpc) is 2.67. The van der Waals surface area contributed by atoms with E-state index in [4.69, 9.17) is 4.74 Å². The van der Waals surface area contributed by atoms with Crippen molar-refractivity contribution in [3.8, 4) is 5.75 Å². The van der Waals surface area contributed by atoms with E-state index in [1.807, 2.05) is 0 Å². The van der Waals surface area contributed by atoms with Crippen LogP contribution in [0.3, 0.4) is 0 Å². The molecule has 2 rings (SSSR count). The van der Waals surface area contributed by atoms with Crippen LogP contribution in [0.2, 0.25) is 0 Å². The van der Waals surface area contributed by atoms with Gasteiger partial charge in [0.15, 0.2) is 0 Å². The van der Waals surface area contributed by atoms with E-state index in [-0.39, 0.29) is 35.1 Å². The molecule has 0 fully saturated rings. The van der Waals surface area contributed by atoms with Crippen molar-refractivity contribution in [1.82, 2.24) is 0 Å². The number of phenolic OH excluding ortho intramolecular Hbond substituents is 1. The summed E-state index contributed by atoms with van der Waals surface area (Å²) < 4.78 is 43.5. The minimum atomic E-state index is -4.44. The van der Waals surface area contributed by atoms with Crippen LogP contribution in [0.4, 0.5) is 18.9 Å². The highest BCUT2D eigenvalue weighted by Crippen LogP contribution is 2.35. The van der Waals surface area contributed by atoms with Gasteiger partial charge in [-0.15, -0.1) is 0 Å². The quantitative estimate of drug-likeness (QED) is 0.449. The van der Waals surface area contributed by atoms with Gasteiger partial charge in [0.25, 0.3) is 0 Å². The van der Waals surface area contributed by atoms with Gasteiger partial charge in [0.1, 0.15) is 36.4 Å². The van der Waals surface area contributed by atoms with Crippen molar-refractivity contribution < 1.29 is 38.3 Å². The number of phenols is 1. The summed E-state index contributed by atoms with van der Waals surface area (Å²) >= 11 is 0. The lowest BCUT2D eigenvalue weighted by Crippen LogP contribution is -2.36. The molecule has 5 N–H and O–H groups in total. The van der Waals surface area contributed by atoms with Crippen LogP contribution in [0.15, 0.2) is 36.9 Å². The Morgan fingerprint density at radius 1 is 1.16 bits per heavy atom. The number of rotatable bonds is 2. The monoisotopic (exact) mass is 443 g/mol. The zero-order valence-electron chi connectivity index (χ0n) is 17.3. The molecule has 0 radical (unpaired) electrons. The standard InChI is InChI=1S/C22H28F3NO5/c1-12-7-8-18(28)21(30)17(27)6-4-5-15-9-16(26-11-22(23,24)25)10-19(29)20(15)14(3)31-13(12)2/h4-5,7-10,12-13,17-18,21,26-30H,3,6,11H2,1-2H3/b5-4+,8-7-/t12-,13?,17?,18?,21?/m1/s1. The van der Waals surface area contributed by atoms with E-state index in [1.165, 1.54) is 24.3 Å². The molecule has 0 spiro atoms. The van der Waals surface area contributed by atoms with Crippen molar-refractivity contribution in [1.29, 1.82) is 0 Å². The summed E-state index contributed by atoms with van der Waals surface area (Å²) in [6.45, 7) is 6.12. The van der Waals surface area contributed by atoms with E-state index in [1.54, 1.807) is 19.9 Å². The molecule has 1 aliphatic heterocycles. The maximum absolute atomic E-state index is 12.6. The number of fused-ring (bicyclic) bond motifs is 1. The number of nitrogens with one attached hydrogen (secondary N) is 1. The molecule has 0 aliphatic carbocycles. The van der Waals surface area contributed by atoms with Crippen LogP contribution in [0, 0.1) is 5.92 Å². The predicted molar refractivity (Wildman–Crippen MR) is 112 cm³/mol. The Balaban J connectivity index is 2.46. The van der Waals surface area contributed by atoms with Crippen molar-refractivity contribution in [3.63, 3.8) is 0 Å². The zero-order chi connectivity index (χ0) is 23.3. The van der Waals surface area contributed by atoms with E-state index in [9.17, 15) is 33.6 Å². The first-order valence-electron chi connectivity index (χ1n) is 9.81. The molecule has 0 aromatic heterocycles. The summed E-state index contributed by atoms with van der Waals surface area (Å²) in [5.41, 5.74) is 0.542. The van der Waals surface area contributed by atoms with Crippen LogP contribution in [0.25, 0.3) is 11.8 Å². The smallest absolute Gasteiger partial charge is 0.405 e. The van der Waals surface area contributed by atoms with Gasteiger partial charge in [-0.3, -0.25) is 0 Å². The number of ether oxygens (including phenoxy) is 1. The fraction of sp³-hybridized carbons (Fsp3) is 0.455. The van der Waals surface area contributed by atoms with E-state index in [2.05, 4.69) is 11.9 Å². The van der Waals surface area contributed by atoms with Crippen LogP contribution >= 0.6 is 0 Å². The van der Waals surface area contributed by atoms with Gasteiger partial charge in [0.05, 0.1) is 11.7 Å². The molecule has 172 valence electrons. The summed E-state index contributed by atoms with van der Waals surface area (Å²) in [5, 5.41) is 43.0. The Hall–Kier alpha value is -2.49. The second kappa shape index (κ2) is 10.2. The molecule has 9 heteroatoms. The van der Waals surface area contributed by atoms with Gasteiger partial charge in [-0.05, 0) is 25.0 Å². The molecule has 1 heterocycles. The van der Waals surface area contributed by atoms with Crippen LogP contribution in [0.1, 0.15) is 31.4 Å². The third-order valence-electron chi connectivity index (χ3n) is 5.02. The Morgan fingerprint density at radius 3 is 2.48 bits per heavy atom. The van der Waals surface area contributed by atoms with Crippen molar-refractivity contribution in [2.75, 3.05) is 11.9 Å². The summed E-state index contributed by atoms with van der Waals surface area (Å²) in [5.74, 6) is -0.437. The predicted octanol–water partition coefficient (Wildman–Crippen LogP) is 3.43. The second-order valence-corrected chi connectivity index (χ2v) is 7.61. The van der Waals surface area contributed by atoms with E-state index in [0.29, 0.717) is 5.56 Å². The lowest BCUT2D eigenvalue weighted by Gasteiger charge is -2.24. The number of anilines is 1. The minimum Gasteiger partial charge on any atom is -0.507 e. The van der Waals surface area contributed by atoms with Crippen LogP contribution in [-0.2, 0) is 4.74 Å². The molecule has 1 aliphatic rings. The number of hydrogen-bond donors (Lipinski definition) is 5. The van der Waals surface area contributed by atoms with Crippen molar-refractivity contribution in [3.05, 3.63) is 48.1 Å². The number of benzene rings is 1. The number of halogens is 3. The van der Waals surface area contributed by atoms with Crippen LogP contribution < -0.4 is 5.32 Å². The summed E-state index contributed by atoms with van der Waals surface area (Å²) in [6.07, 6.45) is -2.99. The molecule has 0 amide bonds. The van der Waals surface area contributed by atoms with E-state index in [0.717, 1.165) is 6.07 Å².